The van der Waals surface area contributed by atoms with Crippen LogP contribution in [0.15, 0.2) is 84.7 Å². The molecule has 1 unspecified atom stereocenters. The molecule has 0 saturated carbocycles. The van der Waals surface area contributed by atoms with E-state index in [4.69, 9.17) is 4.74 Å². The zero-order valence-electron chi connectivity index (χ0n) is 17.9. The molecule has 3 heterocycles. The van der Waals surface area contributed by atoms with E-state index < -0.39 is 17.7 Å². The molecule has 1 aliphatic rings. The highest BCUT2D eigenvalue weighted by molar-refractivity contribution is 6.46. The molecule has 1 saturated heterocycles. The first-order valence-electron chi connectivity index (χ1n) is 10.5. The van der Waals surface area contributed by atoms with E-state index >= 15 is 0 Å². The molecule has 1 aliphatic heterocycles. The first-order chi connectivity index (χ1) is 16.1. The fraction of sp³-hybridized carbons (Fsp3) is 0.115. The third-order valence-electron chi connectivity index (χ3n) is 5.88. The Morgan fingerprint density at radius 3 is 2.55 bits per heavy atom. The van der Waals surface area contributed by atoms with Crippen molar-refractivity contribution in [1.82, 2.24) is 14.9 Å². The average Bonchev–Trinajstić information content (AvgIpc) is 3.38. The van der Waals surface area contributed by atoms with Gasteiger partial charge in [0.1, 0.15) is 11.5 Å². The second-order valence-electron chi connectivity index (χ2n) is 7.77. The molecule has 7 heteroatoms. The van der Waals surface area contributed by atoms with Crippen LogP contribution in [0, 0.1) is 0 Å². The second kappa shape index (κ2) is 8.27. The summed E-state index contributed by atoms with van der Waals surface area (Å²) >= 11 is 0. The van der Waals surface area contributed by atoms with E-state index in [0.717, 1.165) is 16.5 Å². The number of ketones is 1. The summed E-state index contributed by atoms with van der Waals surface area (Å²) in [6.45, 7) is 0.134. The van der Waals surface area contributed by atoms with Crippen LogP contribution in [0.3, 0.4) is 0 Å². The zero-order valence-corrected chi connectivity index (χ0v) is 17.9. The number of carbonyl (C=O) groups excluding carboxylic acids is 2. The molecule has 7 nitrogen and oxygen atoms in total. The van der Waals surface area contributed by atoms with E-state index in [0.29, 0.717) is 17.0 Å². The maximum Gasteiger partial charge on any atom is 0.296 e. The van der Waals surface area contributed by atoms with Gasteiger partial charge in [-0.2, -0.15) is 0 Å². The second-order valence-corrected chi connectivity index (χ2v) is 7.77. The quantitative estimate of drug-likeness (QED) is 0.276. The van der Waals surface area contributed by atoms with Gasteiger partial charge < -0.3 is 19.7 Å². The summed E-state index contributed by atoms with van der Waals surface area (Å²) < 4.78 is 5.19. The Labute approximate surface area is 190 Å². The van der Waals surface area contributed by atoms with Gasteiger partial charge in [-0.05, 0) is 42.5 Å². The van der Waals surface area contributed by atoms with Gasteiger partial charge in [-0.1, -0.05) is 24.3 Å². The number of methoxy groups -OCH3 is 1. The summed E-state index contributed by atoms with van der Waals surface area (Å²) in [7, 11) is 1.55. The SMILES string of the molecule is COc1ccc(/C(O)=C2\C(=O)C(=O)N(Cc3ccccn3)C2c2c[nH]c3ccccc23)cc1. The van der Waals surface area contributed by atoms with Crippen molar-refractivity contribution < 1.29 is 19.4 Å². The molecule has 2 aromatic heterocycles. The Balaban J connectivity index is 1.69. The van der Waals surface area contributed by atoms with Gasteiger partial charge in [-0.25, -0.2) is 0 Å². The van der Waals surface area contributed by atoms with Crippen molar-refractivity contribution in [2.45, 2.75) is 12.6 Å². The molecule has 4 aromatic rings. The van der Waals surface area contributed by atoms with Crippen LogP contribution >= 0.6 is 0 Å². The molecule has 2 N–H and O–H groups in total. The molecule has 0 spiro atoms. The van der Waals surface area contributed by atoms with Crippen molar-refractivity contribution >= 4 is 28.4 Å². The minimum atomic E-state index is -0.773. The topological polar surface area (TPSA) is 95.5 Å². The first-order valence-corrected chi connectivity index (χ1v) is 10.5. The molecule has 5 rings (SSSR count). The van der Waals surface area contributed by atoms with Crippen LogP contribution in [0.25, 0.3) is 16.7 Å². The number of aliphatic hydroxyl groups is 1. The molecular weight excluding hydrogens is 418 g/mol. The molecule has 0 radical (unpaired) electrons. The summed E-state index contributed by atoms with van der Waals surface area (Å²) in [6, 6.07) is 19.0. The lowest BCUT2D eigenvalue weighted by molar-refractivity contribution is -0.140. The van der Waals surface area contributed by atoms with Gasteiger partial charge in [0.25, 0.3) is 11.7 Å². The number of likely N-dealkylation sites (tertiary alicyclic amines) is 1. The summed E-state index contributed by atoms with van der Waals surface area (Å²) in [6.07, 6.45) is 3.43. The Morgan fingerprint density at radius 1 is 1.06 bits per heavy atom. The van der Waals surface area contributed by atoms with E-state index in [-0.39, 0.29) is 17.9 Å². The fourth-order valence-corrected chi connectivity index (χ4v) is 4.26. The molecule has 0 bridgehead atoms. The number of carbonyl (C=O) groups is 2. The Bertz CT molecular complexity index is 1370. The van der Waals surface area contributed by atoms with Crippen molar-refractivity contribution in [2.75, 3.05) is 7.11 Å². The Kier molecular flexibility index (Phi) is 5.14. The molecule has 2 aromatic carbocycles. The lowest BCUT2D eigenvalue weighted by Crippen LogP contribution is -2.29. The van der Waals surface area contributed by atoms with E-state index in [9.17, 15) is 14.7 Å². The van der Waals surface area contributed by atoms with Gasteiger partial charge in [0.05, 0.1) is 31.0 Å². The molecule has 0 aliphatic carbocycles. The smallest absolute Gasteiger partial charge is 0.296 e. The maximum atomic E-state index is 13.2. The van der Waals surface area contributed by atoms with Crippen LogP contribution in [-0.4, -0.2) is 38.8 Å². The lowest BCUT2D eigenvalue weighted by atomic mass is 9.95. The number of H-pyrrole nitrogens is 1. The summed E-state index contributed by atoms with van der Waals surface area (Å²) in [5, 5.41) is 12.1. The van der Waals surface area contributed by atoms with Crippen LogP contribution in [0.2, 0.25) is 0 Å². The van der Waals surface area contributed by atoms with Crippen LogP contribution < -0.4 is 4.74 Å². The average molecular weight is 439 g/mol. The number of hydrogen-bond acceptors (Lipinski definition) is 5. The molecule has 33 heavy (non-hydrogen) atoms. The fourth-order valence-electron chi connectivity index (χ4n) is 4.26. The van der Waals surface area contributed by atoms with Crippen LogP contribution in [0.1, 0.15) is 22.9 Å². The monoisotopic (exact) mass is 439 g/mol. The molecule has 1 fully saturated rings. The number of hydrogen-bond donors (Lipinski definition) is 2. The molecule has 1 amide bonds. The predicted octanol–water partition coefficient (Wildman–Crippen LogP) is 4.19. The number of benzene rings is 2. The number of fused-ring (bicyclic) bond motifs is 1. The van der Waals surface area contributed by atoms with Gasteiger partial charge in [0.15, 0.2) is 0 Å². The number of pyridine rings is 1. The molecular formula is C26H21N3O4. The number of nitrogens with zero attached hydrogens (tertiary/aromatic N) is 2. The third kappa shape index (κ3) is 3.53. The number of aromatic nitrogens is 2. The number of rotatable bonds is 5. The minimum absolute atomic E-state index is 0.0471. The van der Waals surface area contributed by atoms with Gasteiger partial charge in [0, 0.05) is 34.4 Å². The van der Waals surface area contributed by atoms with E-state index in [1.807, 2.05) is 30.3 Å². The maximum absolute atomic E-state index is 13.2. The minimum Gasteiger partial charge on any atom is -0.507 e. The van der Waals surface area contributed by atoms with Crippen molar-refractivity contribution in [2.24, 2.45) is 0 Å². The van der Waals surface area contributed by atoms with Crippen LogP contribution in [0.4, 0.5) is 0 Å². The standard InChI is InChI=1S/C26H21N3O4/c1-33-18-11-9-16(10-12-18)24(30)22-23(20-14-28-21-8-3-2-7-19(20)21)29(26(32)25(22)31)15-17-6-4-5-13-27-17/h2-14,23,28,30H,15H2,1H3/b24-22+. The van der Waals surface area contributed by atoms with Crippen molar-refractivity contribution in [1.29, 1.82) is 0 Å². The Hall–Kier alpha value is -4.39. The highest BCUT2D eigenvalue weighted by atomic mass is 16.5. The number of aliphatic hydroxyl groups excluding tert-OH is 1. The number of Topliss-reactive ketones (excluding diaryl/α,β-unsaturated/α-hetero) is 1. The van der Waals surface area contributed by atoms with Crippen LogP contribution in [-0.2, 0) is 16.1 Å². The number of nitrogens with one attached hydrogen (secondary N) is 1. The third-order valence-corrected chi connectivity index (χ3v) is 5.88. The number of amides is 1. The first kappa shape index (κ1) is 20.5. The van der Waals surface area contributed by atoms with Gasteiger partial charge in [0.2, 0.25) is 0 Å². The highest BCUT2D eigenvalue weighted by Crippen LogP contribution is 2.42. The largest absolute Gasteiger partial charge is 0.507 e. The normalized spacial score (nSPS) is 17.6. The van der Waals surface area contributed by atoms with Gasteiger partial charge in [-0.3, -0.25) is 14.6 Å². The van der Waals surface area contributed by atoms with Gasteiger partial charge >= 0.3 is 0 Å². The summed E-state index contributed by atoms with van der Waals surface area (Å²) in [5.74, 6) is -1.01. The molecule has 164 valence electrons. The number of ether oxygens (including phenoxy) is 1. The summed E-state index contributed by atoms with van der Waals surface area (Å²) in [4.78, 5) is 35.4. The highest BCUT2D eigenvalue weighted by Gasteiger charge is 2.47. The van der Waals surface area contributed by atoms with Crippen molar-refractivity contribution in [3.05, 3.63) is 102 Å². The predicted molar refractivity (Wildman–Crippen MR) is 123 cm³/mol. The van der Waals surface area contributed by atoms with E-state index in [1.54, 1.807) is 55.9 Å². The van der Waals surface area contributed by atoms with Gasteiger partial charge in [-0.15, -0.1) is 0 Å². The lowest BCUT2D eigenvalue weighted by Gasteiger charge is -2.24. The Morgan fingerprint density at radius 2 is 1.82 bits per heavy atom. The van der Waals surface area contributed by atoms with E-state index in [1.165, 1.54) is 4.90 Å². The number of para-hydroxylation sites is 1. The van der Waals surface area contributed by atoms with E-state index in [2.05, 4.69) is 9.97 Å². The summed E-state index contributed by atoms with van der Waals surface area (Å²) in [5.41, 5.74) is 2.73. The van der Waals surface area contributed by atoms with Crippen LogP contribution in [0.5, 0.6) is 5.75 Å². The van der Waals surface area contributed by atoms with Crippen molar-refractivity contribution in [3.8, 4) is 5.75 Å². The molecule has 1 atom stereocenters. The number of aromatic amines is 1. The van der Waals surface area contributed by atoms with Crippen molar-refractivity contribution in [3.63, 3.8) is 0 Å². The zero-order chi connectivity index (χ0) is 22.9.